The molecule has 1 aliphatic rings. The summed E-state index contributed by atoms with van der Waals surface area (Å²) < 4.78 is 0. The SMILES string of the molecule is CCC1(C(C)C)C=NN=CC1C(C)(C)C. The summed E-state index contributed by atoms with van der Waals surface area (Å²) in [6.07, 6.45) is 5.25. The molecule has 2 nitrogen and oxygen atoms in total. The molecular weight excluding hydrogens is 184 g/mol. The standard InChI is InChI=1S/C13H24N2/c1-7-13(10(2)3)9-15-14-8-11(13)12(4,5)6/h8-11H,7H2,1-6H3. The first kappa shape index (κ1) is 12.4. The molecule has 0 bridgehead atoms. The highest BCUT2D eigenvalue weighted by Crippen LogP contribution is 2.46. The molecule has 1 heterocycles. The average molecular weight is 208 g/mol. The van der Waals surface area contributed by atoms with E-state index in [2.05, 4.69) is 58.0 Å². The lowest BCUT2D eigenvalue weighted by Gasteiger charge is -2.46. The molecule has 0 amide bonds. The maximum Gasteiger partial charge on any atom is 0.0341 e. The zero-order chi connectivity index (χ0) is 11.7. The van der Waals surface area contributed by atoms with Crippen LogP contribution in [0.15, 0.2) is 10.2 Å². The predicted molar refractivity (Wildman–Crippen MR) is 67.5 cm³/mol. The summed E-state index contributed by atoms with van der Waals surface area (Å²) in [4.78, 5) is 0. The molecule has 0 spiro atoms. The van der Waals surface area contributed by atoms with Crippen molar-refractivity contribution in [3.63, 3.8) is 0 Å². The Kier molecular flexibility index (Phi) is 3.37. The van der Waals surface area contributed by atoms with Gasteiger partial charge in [-0.15, -0.1) is 0 Å². The molecule has 0 radical (unpaired) electrons. The van der Waals surface area contributed by atoms with Crippen LogP contribution in [-0.2, 0) is 0 Å². The second kappa shape index (κ2) is 4.07. The van der Waals surface area contributed by atoms with Crippen LogP contribution in [-0.4, -0.2) is 12.4 Å². The van der Waals surface area contributed by atoms with Crippen molar-refractivity contribution in [2.75, 3.05) is 0 Å². The van der Waals surface area contributed by atoms with E-state index < -0.39 is 0 Å². The number of hydrogen-bond donors (Lipinski definition) is 0. The van der Waals surface area contributed by atoms with Crippen LogP contribution in [0.3, 0.4) is 0 Å². The molecule has 15 heavy (non-hydrogen) atoms. The molecule has 2 heteroatoms. The van der Waals surface area contributed by atoms with Gasteiger partial charge in [-0.1, -0.05) is 41.5 Å². The summed E-state index contributed by atoms with van der Waals surface area (Å²) in [5, 5.41) is 8.23. The molecule has 0 saturated heterocycles. The van der Waals surface area contributed by atoms with Crippen LogP contribution >= 0.6 is 0 Å². The van der Waals surface area contributed by atoms with Gasteiger partial charge in [0, 0.05) is 23.8 Å². The van der Waals surface area contributed by atoms with Crippen molar-refractivity contribution in [1.29, 1.82) is 0 Å². The lowest BCUT2D eigenvalue weighted by atomic mass is 9.59. The fraction of sp³-hybridized carbons (Fsp3) is 0.846. The fourth-order valence-electron chi connectivity index (χ4n) is 2.72. The Morgan fingerprint density at radius 3 is 2.20 bits per heavy atom. The predicted octanol–water partition coefficient (Wildman–Crippen LogP) is 3.77. The summed E-state index contributed by atoms with van der Waals surface area (Å²) in [7, 11) is 0. The minimum absolute atomic E-state index is 0.181. The van der Waals surface area contributed by atoms with Crippen LogP contribution in [0, 0.1) is 22.7 Å². The molecule has 0 saturated carbocycles. The average Bonchev–Trinajstić information content (AvgIpc) is 2.16. The second-order valence-corrected chi connectivity index (χ2v) is 5.97. The van der Waals surface area contributed by atoms with E-state index in [1.54, 1.807) is 0 Å². The summed E-state index contributed by atoms with van der Waals surface area (Å²) >= 11 is 0. The van der Waals surface area contributed by atoms with E-state index in [9.17, 15) is 0 Å². The van der Waals surface area contributed by atoms with Gasteiger partial charge in [0.25, 0.3) is 0 Å². The minimum Gasteiger partial charge on any atom is -0.164 e. The van der Waals surface area contributed by atoms with E-state index in [0.29, 0.717) is 11.8 Å². The van der Waals surface area contributed by atoms with Gasteiger partial charge in [0.1, 0.15) is 0 Å². The monoisotopic (exact) mass is 208 g/mol. The van der Waals surface area contributed by atoms with Gasteiger partial charge < -0.3 is 0 Å². The maximum atomic E-state index is 4.13. The molecule has 0 N–H and O–H groups in total. The highest BCUT2D eigenvalue weighted by Gasteiger charge is 2.45. The Morgan fingerprint density at radius 1 is 1.27 bits per heavy atom. The van der Waals surface area contributed by atoms with Crippen molar-refractivity contribution in [2.24, 2.45) is 32.9 Å². The molecule has 0 aromatic heterocycles. The van der Waals surface area contributed by atoms with Crippen LogP contribution in [0.2, 0.25) is 0 Å². The van der Waals surface area contributed by atoms with E-state index in [-0.39, 0.29) is 10.8 Å². The highest BCUT2D eigenvalue weighted by atomic mass is 15.2. The van der Waals surface area contributed by atoms with Crippen molar-refractivity contribution >= 4 is 12.4 Å². The lowest BCUT2D eigenvalue weighted by Crippen LogP contribution is -2.45. The first-order valence-corrected chi connectivity index (χ1v) is 5.92. The third kappa shape index (κ3) is 2.14. The molecule has 1 rings (SSSR count). The van der Waals surface area contributed by atoms with Crippen LogP contribution in [0.1, 0.15) is 48.0 Å². The van der Waals surface area contributed by atoms with E-state index in [1.165, 1.54) is 0 Å². The Labute approximate surface area is 93.9 Å². The molecule has 2 atom stereocenters. The number of hydrogen-bond acceptors (Lipinski definition) is 2. The fourth-order valence-corrected chi connectivity index (χ4v) is 2.72. The molecule has 1 aliphatic heterocycles. The zero-order valence-corrected chi connectivity index (χ0v) is 10.9. The van der Waals surface area contributed by atoms with E-state index in [4.69, 9.17) is 0 Å². The van der Waals surface area contributed by atoms with Crippen LogP contribution in [0.4, 0.5) is 0 Å². The lowest BCUT2D eigenvalue weighted by molar-refractivity contribution is 0.129. The van der Waals surface area contributed by atoms with E-state index in [1.807, 2.05) is 6.21 Å². The van der Waals surface area contributed by atoms with Gasteiger partial charge in [-0.2, -0.15) is 10.2 Å². The third-order valence-electron chi connectivity index (χ3n) is 3.78. The van der Waals surface area contributed by atoms with Gasteiger partial charge in [0.2, 0.25) is 0 Å². The maximum absolute atomic E-state index is 4.13. The van der Waals surface area contributed by atoms with Gasteiger partial charge in [-0.05, 0) is 17.8 Å². The highest BCUT2D eigenvalue weighted by molar-refractivity contribution is 5.79. The van der Waals surface area contributed by atoms with Gasteiger partial charge >= 0.3 is 0 Å². The van der Waals surface area contributed by atoms with E-state index >= 15 is 0 Å². The van der Waals surface area contributed by atoms with E-state index in [0.717, 1.165) is 6.42 Å². The summed E-state index contributed by atoms with van der Waals surface area (Å²) in [6, 6.07) is 0. The normalized spacial score (nSPS) is 31.3. The van der Waals surface area contributed by atoms with Crippen molar-refractivity contribution < 1.29 is 0 Å². The molecule has 0 aromatic rings. The van der Waals surface area contributed by atoms with Crippen molar-refractivity contribution in [2.45, 2.75) is 48.0 Å². The van der Waals surface area contributed by atoms with Gasteiger partial charge in [-0.3, -0.25) is 0 Å². The topological polar surface area (TPSA) is 24.7 Å². The number of nitrogens with zero attached hydrogens (tertiary/aromatic N) is 2. The Morgan fingerprint density at radius 2 is 1.87 bits per heavy atom. The third-order valence-corrected chi connectivity index (χ3v) is 3.78. The largest absolute Gasteiger partial charge is 0.164 e. The van der Waals surface area contributed by atoms with Gasteiger partial charge in [-0.25, -0.2) is 0 Å². The Hall–Kier alpha value is -0.660. The van der Waals surface area contributed by atoms with Gasteiger partial charge in [0.05, 0.1) is 0 Å². The second-order valence-electron chi connectivity index (χ2n) is 5.97. The summed E-state index contributed by atoms with van der Waals surface area (Å²) in [5.41, 5.74) is 0.427. The molecule has 86 valence electrons. The Balaban J connectivity index is 3.13. The van der Waals surface area contributed by atoms with Crippen molar-refractivity contribution in [3.05, 3.63) is 0 Å². The first-order valence-electron chi connectivity index (χ1n) is 5.92. The zero-order valence-electron chi connectivity index (χ0n) is 10.9. The smallest absolute Gasteiger partial charge is 0.0341 e. The molecule has 2 unspecified atom stereocenters. The first-order chi connectivity index (χ1) is 6.84. The molecular formula is C13H24N2. The minimum atomic E-state index is 0.181. The van der Waals surface area contributed by atoms with Gasteiger partial charge in [0.15, 0.2) is 0 Å². The quantitative estimate of drug-likeness (QED) is 0.660. The van der Waals surface area contributed by atoms with Crippen LogP contribution < -0.4 is 0 Å². The summed E-state index contributed by atoms with van der Waals surface area (Å²) in [6.45, 7) is 13.7. The van der Waals surface area contributed by atoms with Crippen LogP contribution in [0.25, 0.3) is 0 Å². The summed E-state index contributed by atoms with van der Waals surface area (Å²) in [5.74, 6) is 1.08. The number of rotatable bonds is 2. The van der Waals surface area contributed by atoms with Crippen molar-refractivity contribution in [1.82, 2.24) is 0 Å². The molecule has 0 aromatic carbocycles. The molecule has 0 aliphatic carbocycles. The van der Waals surface area contributed by atoms with Crippen molar-refractivity contribution in [3.8, 4) is 0 Å². The molecule has 0 fully saturated rings. The van der Waals surface area contributed by atoms with Crippen LogP contribution in [0.5, 0.6) is 0 Å². The Bertz CT molecular complexity index is 271.